The predicted molar refractivity (Wildman–Crippen MR) is 163 cm³/mol. The van der Waals surface area contributed by atoms with Gasteiger partial charge in [-0.15, -0.1) is 0 Å². The summed E-state index contributed by atoms with van der Waals surface area (Å²) in [5.74, 6) is 0. The maximum atomic E-state index is 13.5. The Morgan fingerprint density at radius 3 is 0.600 bits per heavy atom. The highest BCUT2D eigenvalue weighted by Gasteiger charge is 2.42. The Morgan fingerprint density at radius 2 is 0.422 bits per heavy atom. The molecule has 0 heterocycles. The lowest BCUT2D eigenvalue weighted by molar-refractivity contribution is 0.578. The van der Waals surface area contributed by atoms with Gasteiger partial charge in [-0.1, -0.05) is 53.1 Å². The summed E-state index contributed by atoms with van der Waals surface area (Å²) < 4.78 is 161. The second-order valence-electron chi connectivity index (χ2n) is 9.80. The van der Waals surface area contributed by atoms with Crippen LogP contribution in [0, 0.1) is 20.8 Å². The molecule has 0 aliphatic carbocycles. The Balaban J connectivity index is 2.07. The first-order valence-corrected chi connectivity index (χ1v) is 22.9. The summed E-state index contributed by atoms with van der Waals surface area (Å²) in [4.78, 5) is -6.82. The smallest absolute Gasteiger partial charge is 0.207 e. The fourth-order valence-electron chi connectivity index (χ4n) is 3.85. The topological polar surface area (TPSA) is 205 Å². The molecule has 12 nitrogen and oxygen atoms in total. The molecule has 240 valence electrons. The second-order valence-corrected chi connectivity index (χ2v) is 26.0. The van der Waals surface area contributed by atoms with E-state index in [9.17, 15) is 50.5 Å². The summed E-state index contributed by atoms with van der Waals surface area (Å²) >= 11 is 0. The van der Waals surface area contributed by atoms with E-state index in [4.69, 9.17) is 0 Å². The van der Waals surface area contributed by atoms with Gasteiger partial charge in [-0.2, -0.15) is 0 Å². The van der Waals surface area contributed by atoms with Crippen LogP contribution in [0.5, 0.6) is 0 Å². The molecule has 0 bridgehead atoms. The van der Waals surface area contributed by atoms with Crippen LogP contribution in [0.15, 0.2) is 120 Å². The minimum absolute atomic E-state index is 0.152. The van der Waals surface area contributed by atoms with Crippen molar-refractivity contribution in [1.82, 2.24) is 0 Å². The summed E-state index contributed by atoms with van der Waals surface area (Å²) in [5, 5.41) is 0. The van der Waals surface area contributed by atoms with E-state index in [1.54, 1.807) is 20.8 Å². The van der Waals surface area contributed by atoms with Crippen molar-refractivity contribution >= 4 is 53.2 Å². The van der Waals surface area contributed by atoms with Gasteiger partial charge in [-0.05, 0) is 75.4 Å². The number of hydrogen-bond acceptors (Lipinski definition) is 12. The van der Waals surface area contributed by atoms with E-state index < -0.39 is 82.6 Å². The minimum atomic E-state index is -5.75. The summed E-state index contributed by atoms with van der Waals surface area (Å²) in [6.45, 7) is 4.75. The van der Waals surface area contributed by atoms with Crippen LogP contribution in [0.3, 0.4) is 0 Å². The summed E-state index contributed by atoms with van der Waals surface area (Å²) in [6.07, 6.45) is 0. The van der Waals surface area contributed by atoms with Crippen LogP contribution >= 0.6 is 0 Å². The first kappa shape index (κ1) is 34.5. The summed E-state index contributed by atoms with van der Waals surface area (Å²) in [7, 11) is -33.5. The number of benzene rings is 4. The SMILES string of the molecule is Cc1ccc(S(=O)(=O)S(=O)(=O)c2cc(S(=O)(=O)S(=O)(=O)c3ccc(C)cc3)cc(S(=O)(=O)S(=O)(=O)c3ccc(C)cc3)c2)cc1. The fourth-order valence-corrected chi connectivity index (χ4v) is 15.1. The van der Waals surface area contributed by atoms with Gasteiger partial charge in [0.25, 0.3) is 53.2 Å². The van der Waals surface area contributed by atoms with Gasteiger partial charge in [0.15, 0.2) is 0 Å². The molecule has 18 heteroatoms. The van der Waals surface area contributed by atoms with Gasteiger partial charge in [0, 0.05) is 0 Å². The maximum Gasteiger partial charge on any atom is 0.286 e. The molecule has 0 aliphatic heterocycles. The number of hydrogen-bond donors (Lipinski definition) is 0. The highest BCUT2D eigenvalue weighted by atomic mass is 33.2. The lowest BCUT2D eigenvalue weighted by atomic mass is 10.2. The Bertz CT molecular complexity index is 2190. The van der Waals surface area contributed by atoms with Gasteiger partial charge in [-0.3, -0.25) is 0 Å². The Labute approximate surface area is 260 Å². The van der Waals surface area contributed by atoms with Crippen LogP contribution in [0.2, 0.25) is 0 Å². The van der Waals surface area contributed by atoms with Crippen LogP contribution in [-0.4, -0.2) is 50.5 Å². The maximum absolute atomic E-state index is 13.5. The van der Waals surface area contributed by atoms with Gasteiger partial charge >= 0.3 is 0 Å². The Morgan fingerprint density at radius 1 is 0.267 bits per heavy atom. The first-order valence-electron chi connectivity index (χ1n) is 12.4. The molecule has 4 aromatic carbocycles. The second kappa shape index (κ2) is 11.4. The van der Waals surface area contributed by atoms with Crippen molar-refractivity contribution in [3.8, 4) is 0 Å². The molecule has 0 amide bonds. The van der Waals surface area contributed by atoms with Crippen LogP contribution in [-0.2, 0) is 53.2 Å². The van der Waals surface area contributed by atoms with Crippen molar-refractivity contribution in [2.24, 2.45) is 0 Å². The Kier molecular flexibility index (Phi) is 8.75. The lowest BCUT2D eigenvalue weighted by Gasteiger charge is -2.13. The molecule has 0 atom stereocenters. The zero-order valence-electron chi connectivity index (χ0n) is 23.5. The zero-order chi connectivity index (χ0) is 33.8. The van der Waals surface area contributed by atoms with E-state index in [2.05, 4.69) is 0 Å². The lowest BCUT2D eigenvalue weighted by Crippen LogP contribution is -2.22. The standard InChI is InChI=1S/C27H24O12S6/c1-19-4-10-22(11-5-19)40(28,29)43(34,35)25-16-26(44(36,37)41(30,31)23-12-6-20(2)7-13-23)18-27(17-25)45(38,39)42(32,33)24-14-8-21(3)9-15-24/h4-18H,1-3H3. The zero-order valence-corrected chi connectivity index (χ0v) is 28.4. The van der Waals surface area contributed by atoms with Crippen LogP contribution in [0.1, 0.15) is 16.7 Å². The molecular formula is C27H24O12S6. The number of aryl methyl sites for hydroxylation is 3. The molecule has 4 rings (SSSR count). The fraction of sp³-hybridized carbons (Fsp3) is 0.111. The largest absolute Gasteiger partial charge is 0.286 e. The average Bonchev–Trinajstić information content (AvgIpc) is 2.97. The normalized spacial score (nSPS) is 13.4. The van der Waals surface area contributed by atoms with Crippen molar-refractivity contribution in [2.45, 2.75) is 50.1 Å². The molecule has 0 unspecified atom stereocenters. The molecule has 0 radical (unpaired) electrons. The van der Waals surface area contributed by atoms with Gasteiger partial charge in [0.05, 0.1) is 29.4 Å². The molecule has 0 spiro atoms. The monoisotopic (exact) mass is 732 g/mol. The first-order chi connectivity index (χ1) is 20.6. The molecule has 0 aromatic heterocycles. The summed E-state index contributed by atoms with van der Waals surface area (Å²) in [5.41, 5.74) is 1.65. The van der Waals surface area contributed by atoms with Crippen molar-refractivity contribution < 1.29 is 50.5 Å². The third kappa shape index (κ3) is 5.85. The third-order valence-corrected chi connectivity index (χ3v) is 21.9. The van der Waals surface area contributed by atoms with Gasteiger partial charge in [0.1, 0.15) is 0 Å². The minimum Gasteiger partial charge on any atom is -0.207 e. The van der Waals surface area contributed by atoms with Crippen LogP contribution in [0.25, 0.3) is 0 Å². The average molecular weight is 733 g/mol. The highest BCUT2D eigenvalue weighted by molar-refractivity contribution is 8.68. The molecule has 0 saturated carbocycles. The van der Waals surface area contributed by atoms with Gasteiger partial charge < -0.3 is 0 Å². The van der Waals surface area contributed by atoms with Crippen molar-refractivity contribution in [2.75, 3.05) is 0 Å². The molecule has 0 aliphatic rings. The van der Waals surface area contributed by atoms with E-state index in [0.717, 1.165) is 36.4 Å². The van der Waals surface area contributed by atoms with Crippen LogP contribution < -0.4 is 0 Å². The van der Waals surface area contributed by atoms with Gasteiger partial charge in [0.2, 0.25) is 0 Å². The van der Waals surface area contributed by atoms with Crippen molar-refractivity contribution in [3.05, 3.63) is 108 Å². The summed E-state index contributed by atoms with van der Waals surface area (Å²) in [6, 6.07) is 13.7. The van der Waals surface area contributed by atoms with Crippen molar-refractivity contribution in [1.29, 1.82) is 0 Å². The molecule has 0 N–H and O–H groups in total. The molecule has 0 saturated heterocycles. The third-order valence-electron chi connectivity index (χ3n) is 6.52. The Hall–Kier alpha value is -3.42. The van der Waals surface area contributed by atoms with Crippen LogP contribution in [0.4, 0.5) is 0 Å². The van der Waals surface area contributed by atoms with E-state index in [1.807, 2.05) is 0 Å². The van der Waals surface area contributed by atoms with E-state index >= 15 is 0 Å². The molecule has 4 aromatic rings. The van der Waals surface area contributed by atoms with E-state index in [0.29, 0.717) is 16.7 Å². The quantitative estimate of drug-likeness (QED) is 0.228. The predicted octanol–water partition coefficient (Wildman–Crippen LogP) is 3.10. The molecular weight excluding hydrogens is 709 g/mol. The highest BCUT2D eigenvalue weighted by Crippen LogP contribution is 2.35. The van der Waals surface area contributed by atoms with E-state index in [-0.39, 0.29) is 18.2 Å². The van der Waals surface area contributed by atoms with Crippen molar-refractivity contribution in [3.63, 3.8) is 0 Å². The number of rotatable bonds is 9. The van der Waals surface area contributed by atoms with E-state index in [1.165, 1.54) is 36.4 Å². The van der Waals surface area contributed by atoms with Gasteiger partial charge in [-0.25, -0.2) is 50.5 Å². The molecule has 45 heavy (non-hydrogen) atoms. The molecule has 0 fully saturated rings.